The van der Waals surface area contributed by atoms with Crippen LogP contribution in [0.2, 0.25) is 0 Å². The second kappa shape index (κ2) is 16.6. The van der Waals surface area contributed by atoms with Crippen molar-refractivity contribution in [2.75, 3.05) is 25.1 Å². The van der Waals surface area contributed by atoms with Crippen LogP contribution in [0.15, 0.2) is 72.8 Å². The van der Waals surface area contributed by atoms with Crippen molar-refractivity contribution in [3.63, 3.8) is 0 Å². The number of ether oxygens (including phenoxy) is 2. The van der Waals surface area contributed by atoms with Crippen LogP contribution in [0.25, 0.3) is 11.1 Å². The van der Waals surface area contributed by atoms with Gasteiger partial charge in [-0.25, -0.2) is 9.59 Å². The third-order valence-electron chi connectivity index (χ3n) is 8.02. The second-order valence-electron chi connectivity index (χ2n) is 12.5. The van der Waals surface area contributed by atoms with Gasteiger partial charge in [0.1, 0.15) is 11.6 Å². The average molecular weight is 641 g/mol. The van der Waals surface area contributed by atoms with Crippen molar-refractivity contribution in [2.45, 2.75) is 70.8 Å². The molecule has 0 bridgehead atoms. The molecule has 3 aromatic rings. The summed E-state index contributed by atoms with van der Waals surface area (Å²) in [4.78, 5) is 39.9. The van der Waals surface area contributed by atoms with E-state index >= 15 is 0 Å². The summed E-state index contributed by atoms with van der Waals surface area (Å²) >= 11 is 1.54. The number of hydrogen-bond donors (Lipinski definition) is 2. The van der Waals surface area contributed by atoms with E-state index in [0.29, 0.717) is 49.2 Å². The Kier molecular flexibility index (Phi) is 13.4. The number of aryl methyl sites for hydroxylation is 1. The summed E-state index contributed by atoms with van der Waals surface area (Å²) in [5, 5.41) is 12.4. The minimum atomic E-state index is -1.05. The molecule has 0 aromatic heterocycles. The molecule has 1 aliphatic rings. The number of benzene rings is 3. The predicted molar refractivity (Wildman–Crippen MR) is 186 cm³/mol. The molecule has 3 aromatic carbocycles. The van der Waals surface area contributed by atoms with Crippen LogP contribution < -0.4 is 5.32 Å². The van der Waals surface area contributed by atoms with Gasteiger partial charge >= 0.3 is 30.9 Å². The standard InChI is InChI=1S/C36H44N2O6S.Li.H/c1-25-11-9-10-14-28(25)30-23-26(15-16-29(30)32(39)37-31(33(40)41)17-22-45-5)24-43-36(27-12-7-6-8-13-27)18-20-38(21-19-36)34(42)44-35(2,3)4;;/h6-16,23,31H,17-22,24H2,1-5H3,(H,37,39)(H,40,41);;/t31-;;/m0../s1. The number of hydrogen-bond acceptors (Lipinski definition) is 6. The Balaban J connectivity index is 0.00000576. The summed E-state index contributed by atoms with van der Waals surface area (Å²) in [5.41, 5.74) is 3.77. The number of carboxylic acids is 1. The number of carbonyl (C=O) groups excluding carboxylic acids is 2. The first-order valence-corrected chi connectivity index (χ1v) is 16.7. The van der Waals surface area contributed by atoms with Gasteiger partial charge in [0, 0.05) is 18.7 Å². The minimum absolute atomic E-state index is 0. The zero-order valence-electron chi connectivity index (χ0n) is 26.8. The van der Waals surface area contributed by atoms with Crippen molar-refractivity contribution in [1.82, 2.24) is 10.2 Å². The van der Waals surface area contributed by atoms with Gasteiger partial charge in [-0.2, -0.15) is 11.8 Å². The average Bonchev–Trinajstić information content (AvgIpc) is 3.01. The van der Waals surface area contributed by atoms with Crippen LogP contribution in [0.3, 0.4) is 0 Å². The van der Waals surface area contributed by atoms with Gasteiger partial charge in [0.15, 0.2) is 0 Å². The molecule has 242 valence electrons. The van der Waals surface area contributed by atoms with Crippen LogP contribution in [0.4, 0.5) is 4.79 Å². The SMILES string of the molecule is CSCC[C@H](NC(=O)c1ccc(COC2(c3ccccc3)CCN(C(=O)OC(C)(C)C)CC2)cc1-c1ccccc1C)C(=O)O.[LiH]. The number of carboxylic acid groups (broad SMARTS) is 1. The number of nitrogens with one attached hydrogen (secondary N) is 1. The van der Waals surface area contributed by atoms with E-state index in [4.69, 9.17) is 9.47 Å². The summed E-state index contributed by atoms with van der Waals surface area (Å²) in [5.74, 6) is -0.857. The zero-order valence-corrected chi connectivity index (χ0v) is 27.6. The number of piperidine rings is 1. The molecule has 2 amide bonds. The Morgan fingerprint density at radius 3 is 2.24 bits per heavy atom. The number of amides is 2. The Morgan fingerprint density at radius 2 is 1.63 bits per heavy atom. The molecule has 1 saturated heterocycles. The first-order chi connectivity index (χ1) is 21.4. The van der Waals surface area contributed by atoms with Crippen molar-refractivity contribution in [3.8, 4) is 11.1 Å². The maximum atomic E-state index is 13.5. The quantitative estimate of drug-likeness (QED) is 0.234. The van der Waals surface area contributed by atoms with Crippen LogP contribution in [-0.4, -0.2) is 83.6 Å². The molecule has 8 nitrogen and oxygen atoms in total. The van der Waals surface area contributed by atoms with Crippen LogP contribution in [-0.2, 0) is 26.5 Å². The fourth-order valence-electron chi connectivity index (χ4n) is 5.56. The van der Waals surface area contributed by atoms with Crippen molar-refractivity contribution >= 4 is 48.6 Å². The number of carbonyl (C=O) groups is 3. The molecule has 46 heavy (non-hydrogen) atoms. The van der Waals surface area contributed by atoms with E-state index in [1.807, 2.05) is 88.5 Å². The van der Waals surface area contributed by atoms with E-state index < -0.39 is 29.1 Å². The van der Waals surface area contributed by atoms with E-state index in [2.05, 4.69) is 17.4 Å². The number of rotatable bonds is 11. The molecule has 0 unspecified atom stereocenters. The number of likely N-dealkylation sites (tertiary alicyclic amines) is 1. The van der Waals surface area contributed by atoms with Gasteiger partial charge in [-0.05, 0) is 98.9 Å². The monoisotopic (exact) mass is 640 g/mol. The molecule has 2 N–H and O–H groups in total. The van der Waals surface area contributed by atoms with E-state index in [1.54, 1.807) is 11.0 Å². The zero-order chi connectivity index (χ0) is 32.6. The Bertz CT molecular complexity index is 1490. The summed E-state index contributed by atoms with van der Waals surface area (Å²) in [6.07, 6.45) is 3.13. The van der Waals surface area contributed by atoms with E-state index in [-0.39, 0.29) is 31.6 Å². The van der Waals surface area contributed by atoms with E-state index in [0.717, 1.165) is 22.3 Å². The molecular formula is C36H45LiN2O6S. The first-order valence-electron chi connectivity index (χ1n) is 15.3. The third-order valence-corrected chi connectivity index (χ3v) is 8.66. The summed E-state index contributed by atoms with van der Waals surface area (Å²) in [6.45, 7) is 8.86. The molecule has 1 fully saturated rings. The van der Waals surface area contributed by atoms with Crippen LogP contribution in [0.5, 0.6) is 0 Å². The predicted octanol–water partition coefficient (Wildman–Crippen LogP) is 6.39. The molecule has 4 rings (SSSR count). The van der Waals surface area contributed by atoms with Crippen molar-refractivity contribution in [3.05, 3.63) is 95.1 Å². The van der Waals surface area contributed by atoms with Crippen molar-refractivity contribution < 1.29 is 29.0 Å². The topological polar surface area (TPSA) is 105 Å². The molecule has 0 radical (unpaired) electrons. The fraction of sp³-hybridized carbons (Fsp3) is 0.417. The molecule has 1 aliphatic heterocycles. The number of nitrogens with zero attached hydrogens (tertiary/aromatic N) is 1. The first kappa shape index (κ1) is 37.2. The maximum absolute atomic E-state index is 13.5. The van der Waals surface area contributed by atoms with Crippen LogP contribution in [0, 0.1) is 6.92 Å². The Morgan fingerprint density at radius 1 is 0.978 bits per heavy atom. The van der Waals surface area contributed by atoms with E-state index in [9.17, 15) is 19.5 Å². The van der Waals surface area contributed by atoms with Gasteiger partial charge in [0.05, 0.1) is 12.2 Å². The van der Waals surface area contributed by atoms with Gasteiger partial charge in [-0.1, -0.05) is 60.7 Å². The Hall–Kier alpha value is -3.22. The summed E-state index contributed by atoms with van der Waals surface area (Å²) in [7, 11) is 0. The number of aliphatic carboxylic acids is 1. The van der Waals surface area contributed by atoms with Crippen LogP contribution in [0.1, 0.15) is 67.1 Å². The van der Waals surface area contributed by atoms with Gasteiger partial charge in [0.25, 0.3) is 5.91 Å². The molecule has 10 heteroatoms. The fourth-order valence-corrected chi connectivity index (χ4v) is 6.03. The van der Waals surface area contributed by atoms with Gasteiger partial charge in [-0.15, -0.1) is 0 Å². The summed E-state index contributed by atoms with van der Waals surface area (Å²) in [6, 6.07) is 22.5. The van der Waals surface area contributed by atoms with Crippen LogP contribution >= 0.6 is 11.8 Å². The molecular weight excluding hydrogens is 595 g/mol. The molecule has 1 heterocycles. The van der Waals surface area contributed by atoms with Crippen molar-refractivity contribution in [2.24, 2.45) is 0 Å². The molecule has 1 atom stereocenters. The normalized spacial score (nSPS) is 14.9. The van der Waals surface area contributed by atoms with Gasteiger partial charge in [-0.3, -0.25) is 4.79 Å². The van der Waals surface area contributed by atoms with Gasteiger partial charge < -0.3 is 24.8 Å². The summed E-state index contributed by atoms with van der Waals surface area (Å²) < 4.78 is 12.4. The molecule has 0 saturated carbocycles. The third kappa shape index (κ3) is 9.65. The molecule has 0 aliphatic carbocycles. The van der Waals surface area contributed by atoms with Crippen molar-refractivity contribution in [1.29, 1.82) is 0 Å². The van der Waals surface area contributed by atoms with Gasteiger partial charge in [0.2, 0.25) is 0 Å². The number of thioether (sulfide) groups is 1. The van der Waals surface area contributed by atoms with E-state index in [1.165, 1.54) is 11.8 Å². The second-order valence-corrected chi connectivity index (χ2v) is 13.4. The Labute approximate surface area is 288 Å². The molecule has 0 spiro atoms.